The maximum atomic E-state index is 12.9. The molecule has 1 fully saturated rings. The third-order valence-corrected chi connectivity index (χ3v) is 3.87. The van der Waals surface area contributed by atoms with E-state index >= 15 is 0 Å². The maximum Gasteiger partial charge on any atom is 0.416 e. The number of hydrogen-bond donors (Lipinski definition) is 0. The zero-order chi connectivity index (χ0) is 19.6. The Morgan fingerprint density at radius 1 is 1.30 bits per heavy atom. The number of nitrogens with zero attached hydrogens (tertiary/aromatic N) is 3. The van der Waals surface area contributed by atoms with Crippen LogP contribution in [0.5, 0.6) is 5.75 Å². The molecule has 142 valence electrons. The van der Waals surface area contributed by atoms with Crippen molar-refractivity contribution in [3.63, 3.8) is 0 Å². The Labute approximate surface area is 150 Å². The number of benzene rings is 1. The molecule has 1 saturated heterocycles. The fraction of sp³-hybridized carbons (Fsp3) is 0.235. The fourth-order valence-corrected chi connectivity index (χ4v) is 2.43. The van der Waals surface area contributed by atoms with Crippen molar-refractivity contribution in [2.75, 3.05) is 13.1 Å². The highest BCUT2D eigenvalue weighted by molar-refractivity contribution is 6.01. The molecule has 10 heteroatoms. The average Bonchev–Trinajstić information content (AvgIpc) is 3.10. The molecule has 27 heavy (non-hydrogen) atoms. The van der Waals surface area contributed by atoms with Gasteiger partial charge in [0.15, 0.2) is 11.6 Å². The number of carbonyl (C=O) groups excluding carboxylic acids is 1. The summed E-state index contributed by atoms with van der Waals surface area (Å²) < 4.78 is 55.8. The number of rotatable bonds is 5. The Morgan fingerprint density at radius 2 is 1.96 bits per heavy atom. The second-order valence-corrected chi connectivity index (χ2v) is 5.74. The summed E-state index contributed by atoms with van der Waals surface area (Å²) in [6.45, 7) is 3.26. The van der Waals surface area contributed by atoms with E-state index in [4.69, 9.17) is 9.25 Å². The number of oxazole rings is 1. The van der Waals surface area contributed by atoms with Gasteiger partial charge in [-0.1, -0.05) is 11.7 Å². The van der Waals surface area contributed by atoms with Crippen LogP contribution in [0.25, 0.3) is 0 Å². The third kappa shape index (κ3) is 4.15. The smallest absolute Gasteiger partial charge is 0.416 e. The van der Waals surface area contributed by atoms with Crippen LogP contribution in [0.15, 0.2) is 58.7 Å². The Kier molecular flexibility index (Phi) is 4.98. The first-order chi connectivity index (χ1) is 12.8. The molecule has 0 radical (unpaired) electrons. The van der Waals surface area contributed by atoms with Crippen LogP contribution >= 0.6 is 0 Å². The van der Waals surface area contributed by atoms with Gasteiger partial charge in [-0.3, -0.25) is 4.79 Å². The minimum Gasteiger partial charge on any atom is -0.443 e. The lowest BCUT2D eigenvalue weighted by atomic mass is 9.94. The van der Waals surface area contributed by atoms with Crippen molar-refractivity contribution < 1.29 is 31.6 Å². The molecule has 0 spiro atoms. The van der Waals surface area contributed by atoms with Crippen LogP contribution < -0.4 is 4.84 Å². The van der Waals surface area contributed by atoms with Gasteiger partial charge in [0.05, 0.1) is 11.8 Å². The van der Waals surface area contributed by atoms with E-state index in [1.54, 1.807) is 0 Å². The summed E-state index contributed by atoms with van der Waals surface area (Å²) in [6.07, 6.45) is -1.75. The van der Waals surface area contributed by atoms with E-state index in [1.807, 2.05) is 0 Å². The lowest BCUT2D eigenvalue weighted by Crippen LogP contribution is -2.53. The number of halogens is 4. The van der Waals surface area contributed by atoms with Crippen LogP contribution in [0.3, 0.4) is 0 Å². The molecule has 0 unspecified atom stereocenters. The molecule has 0 saturated carbocycles. The van der Waals surface area contributed by atoms with Crippen LogP contribution in [0, 0.1) is 5.92 Å². The molecule has 0 bridgehead atoms. The molecular weight excluding hydrogens is 370 g/mol. The van der Waals surface area contributed by atoms with Gasteiger partial charge in [-0.15, -0.1) is 0 Å². The monoisotopic (exact) mass is 383 g/mol. The number of aromatic nitrogens is 1. The van der Waals surface area contributed by atoms with E-state index in [0.29, 0.717) is 0 Å². The number of likely N-dealkylation sites (tertiary alicyclic amines) is 1. The average molecular weight is 383 g/mol. The van der Waals surface area contributed by atoms with Gasteiger partial charge in [-0.05, 0) is 24.3 Å². The first-order valence-corrected chi connectivity index (χ1v) is 7.71. The zero-order valence-corrected chi connectivity index (χ0v) is 13.7. The quantitative estimate of drug-likeness (QED) is 0.343. The first kappa shape index (κ1) is 18.6. The fourth-order valence-electron chi connectivity index (χ4n) is 2.43. The molecule has 2 aromatic rings. The molecule has 1 aromatic heterocycles. The standard InChI is InChI=1S/C17H13F4N3O3/c1-10(18)16(25)24-8-11(9-24)14(15-22-6-7-26-15)23-27-13-4-2-12(3-5-13)17(19,20)21/h2-7,11H,1,8-9H2. The van der Waals surface area contributed by atoms with Crippen LogP contribution in [-0.2, 0) is 11.0 Å². The zero-order valence-electron chi connectivity index (χ0n) is 13.7. The topological polar surface area (TPSA) is 67.9 Å². The van der Waals surface area contributed by atoms with Crippen LogP contribution in [-0.4, -0.2) is 34.6 Å². The third-order valence-electron chi connectivity index (χ3n) is 3.87. The van der Waals surface area contributed by atoms with E-state index in [0.717, 1.165) is 24.3 Å². The number of alkyl halides is 3. The van der Waals surface area contributed by atoms with Gasteiger partial charge in [0.2, 0.25) is 5.89 Å². The van der Waals surface area contributed by atoms with E-state index in [2.05, 4.69) is 16.7 Å². The van der Waals surface area contributed by atoms with Crippen molar-refractivity contribution in [1.82, 2.24) is 9.88 Å². The molecule has 3 rings (SSSR count). The summed E-state index contributed by atoms with van der Waals surface area (Å²) in [7, 11) is 0. The van der Waals surface area contributed by atoms with Crippen LogP contribution in [0.2, 0.25) is 0 Å². The predicted molar refractivity (Wildman–Crippen MR) is 85.4 cm³/mol. The summed E-state index contributed by atoms with van der Waals surface area (Å²) >= 11 is 0. The van der Waals surface area contributed by atoms with E-state index in [-0.39, 0.29) is 36.4 Å². The summed E-state index contributed by atoms with van der Waals surface area (Å²) in [4.78, 5) is 21.9. The predicted octanol–water partition coefficient (Wildman–Crippen LogP) is 3.42. The van der Waals surface area contributed by atoms with Gasteiger partial charge in [-0.2, -0.15) is 13.2 Å². The van der Waals surface area contributed by atoms with Gasteiger partial charge >= 0.3 is 6.18 Å². The molecule has 1 amide bonds. The lowest BCUT2D eigenvalue weighted by molar-refractivity contribution is -0.137. The summed E-state index contributed by atoms with van der Waals surface area (Å²) in [6, 6.07) is 3.99. The minimum atomic E-state index is -4.45. The number of carbonyl (C=O) groups is 1. The molecule has 6 nitrogen and oxygen atoms in total. The molecular formula is C17H13F4N3O3. The van der Waals surface area contributed by atoms with Crippen LogP contribution in [0.4, 0.5) is 17.6 Å². The molecule has 1 aromatic carbocycles. The van der Waals surface area contributed by atoms with Crippen molar-refractivity contribution >= 4 is 11.6 Å². The molecule has 0 atom stereocenters. The highest BCUT2D eigenvalue weighted by atomic mass is 19.4. The minimum absolute atomic E-state index is 0.0800. The van der Waals surface area contributed by atoms with Gasteiger partial charge in [0.25, 0.3) is 5.91 Å². The van der Waals surface area contributed by atoms with Crippen molar-refractivity contribution in [1.29, 1.82) is 0 Å². The molecule has 0 N–H and O–H groups in total. The van der Waals surface area contributed by atoms with Gasteiger partial charge in [0, 0.05) is 19.0 Å². The summed E-state index contributed by atoms with van der Waals surface area (Å²) in [5, 5.41) is 3.91. The SMILES string of the molecule is C=C(F)C(=O)N1CC(C(=NOc2ccc(C(F)(F)F)cc2)c2ncco2)C1. The van der Waals surface area contributed by atoms with Gasteiger partial charge in [-0.25, -0.2) is 9.37 Å². The van der Waals surface area contributed by atoms with Crippen LogP contribution in [0.1, 0.15) is 11.5 Å². The second kappa shape index (κ2) is 7.22. The van der Waals surface area contributed by atoms with E-state index in [1.165, 1.54) is 17.4 Å². The van der Waals surface area contributed by atoms with Crippen molar-refractivity contribution in [2.24, 2.45) is 11.1 Å². The Balaban J connectivity index is 1.73. The summed E-state index contributed by atoms with van der Waals surface area (Å²) in [5.74, 6) is -2.00. The molecule has 0 aliphatic carbocycles. The normalized spacial score (nSPS) is 15.4. The Morgan fingerprint density at radius 3 is 2.48 bits per heavy atom. The largest absolute Gasteiger partial charge is 0.443 e. The van der Waals surface area contributed by atoms with Gasteiger partial charge in [0.1, 0.15) is 12.0 Å². The van der Waals surface area contributed by atoms with Crippen molar-refractivity contribution in [2.45, 2.75) is 6.18 Å². The molecule has 2 heterocycles. The molecule has 1 aliphatic heterocycles. The molecule has 1 aliphatic rings. The number of amides is 1. The number of oxime groups is 1. The maximum absolute atomic E-state index is 12.9. The highest BCUT2D eigenvalue weighted by Crippen LogP contribution is 2.30. The summed E-state index contributed by atoms with van der Waals surface area (Å²) in [5.41, 5.74) is -0.556. The highest BCUT2D eigenvalue weighted by Gasteiger charge is 2.38. The second-order valence-electron chi connectivity index (χ2n) is 5.74. The van der Waals surface area contributed by atoms with E-state index in [9.17, 15) is 22.4 Å². The Bertz CT molecular complexity index is 855. The number of hydrogen-bond acceptors (Lipinski definition) is 5. The first-order valence-electron chi connectivity index (χ1n) is 7.71. The van der Waals surface area contributed by atoms with E-state index < -0.39 is 23.5 Å². The lowest BCUT2D eigenvalue weighted by Gasteiger charge is -2.38. The Hall–Kier alpha value is -3.17. The van der Waals surface area contributed by atoms with Crippen molar-refractivity contribution in [3.8, 4) is 5.75 Å². The van der Waals surface area contributed by atoms with Crippen molar-refractivity contribution in [3.05, 3.63) is 60.6 Å². The van der Waals surface area contributed by atoms with Gasteiger partial charge < -0.3 is 14.2 Å².